The van der Waals surface area contributed by atoms with E-state index in [2.05, 4.69) is 4.90 Å². The number of esters is 2. The molecule has 0 atom stereocenters. The first kappa shape index (κ1) is 33.3. The van der Waals surface area contributed by atoms with Gasteiger partial charge in [0.25, 0.3) is 0 Å². The van der Waals surface area contributed by atoms with Gasteiger partial charge in [0.2, 0.25) is 0 Å². The van der Waals surface area contributed by atoms with Gasteiger partial charge in [0.1, 0.15) is 23.9 Å². The molecule has 1 aromatic heterocycles. The highest BCUT2D eigenvalue weighted by atomic mass is 32.1. The van der Waals surface area contributed by atoms with Crippen molar-refractivity contribution in [1.29, 1.82) is 0 Å². The van der Waals surface area contributed by atoms with Crippen molar-refractivity contribution in [2.45, 2.75) is 32.1 Å². The Kier molecular flexibility index (Phi) is 11.9. The third-order valence-electron chi connectivity index (χ3n) is 7.73. The van der Waals surface area contributed by atoms with Crippen molar-refractivity contribution in [3.05, 3.63) is 77.9 Å². The van der Waals surface area contributed by atoms with E-state index < -0.39 is 5.97 Å². The number of thiophene rings is 1. The number of methoxy groups -OCH3 is 2. The molecule has 242 valence electrons. The lowest BCUT2D eigenvalue weighted by molar-refractivity contribution is -0.136. The van der Waals surface area contributed by atoms with E-state index in [0.29, 0.717) is 29.2 Å². The molecule has 0 radical (unpaired) electrons. The number of likely N-dealkylation sites (tertiary alicyclic amines) is 1. The van der Waals surface area contributed by atoms with E-state index in [1.807, 2.05) is 30.3 Å². The van der Waals surface area contributed by atoms with Gasteiger partial charge in [0.05, 0.1) is 26.1 Å². The molecule has 10 heteroatoms. The molecule has 0 amide bonds. The van der Waals surface area contributed by atoms with Crippen LogP contribution < -0.4 is 14.2 Å². The Bertz CT molecular complexity index is 1620. The Morgan fingerprint density at radius 3 is 1.98 bits per heavy atom. The number of nitrogens with zero attached hydrogens (tertiary/aromatic N) is 1. The third-order valence-corrected chi connectivity index (χ3v) is 8.93. The molecular weight excluding hydrogens is 606 g/mol. The zero-order valence-corrected chi connectivity index (χ0v) is 27.1. The van der Waals surface area contributed by atoms with Crippen LogP contribution in [0.4, 0.5) is 0 Å². The highest BCUT2D eigenvalue weighted by molar-refractivity contribution is 7.22. The summed E-state index contributed by atoms with van der Waals surface area (Å²) in [6, 6.07) is 19.6. The molecule has 2 heterocycles. The Hall–Kier alpha value is -4.09. The van der Waals surface area contributed by atoms with E-state index in [1.165, 1.54) is 44.8 Å². The van der Waals surface area contributed by atoms with E-state index >= 15 is 0 Å². The van der Waals surface area contributed by atoms with Crippen LogP contribution in [0.5, 0.6) is 17.2 Å². The Balaban J connectivity index is 1.39. The van der Waals surface area contributed by atoms with Gasteiger partial charge in [-0.05, 0) is 98.2 Å². The van der Waals surface area contributed by atoms with Crippen LogP contribution in [0.1, 0.15) is 48.0 Å². The minimum Gasteiger partial charge on any atom is -0.492 e. The zero-order chi connectivity index (χ0) is 32.3. The van der Waals surface area contributed by atoms with E-state index in [9.17, 15) is 14.4 Å². The second-order valence-electron chi connectivity index (χ2n) is 11.0. The van der Waals surface area contributed by atoms with Crippen molar-refractivity contribution in [2.75, 3.05) is 53.7 Å². The topological polar surface area (TPSA) is 101 Å². The molecule has 0 unspecified atom stereocenters. The Labute approximate surface area is 273 Å². The highest BCUT2D eigenvalue weighted by Crippen LogP contribution is 2.42. The van der Waals surface area contributed by atoms with Crippen LogP contribution in [-0.2, 0) is 19.1 Å². The molecule has 1 saturated heterocycles. The number of carbonyl (C=O) groups excluding carboxylic acids is 3. The molecule has 1 aliphatic rings. The van der Waals surface area contributed by atoms with Crippen LogP contribution in [0.25, 0.3) is 20.5 Å². The van der Waals surface area contributed by atoms with Crippen LogP contribution >= 0.6 is 11.3 Å². The maximum atomic E-state index is 14.1. The molecule has 0 N–H and O–H groups in total. The highest BCUT2D eigenvalue weighted by Gasteiger charge is 2.23. The van der Waals surface area contributed by atoms with Gasteiger partial charge < -0.3 is 23.7 Å². The molecule has 9 nitrogen and oxygen atoms in total. The van der Waals surface area contributed by atoms with Gasteiger partial charge >= 0.3 is 11.9 Å². The molecule has 46 heavy (non-hydrogen) atoms. The fraction of sp³-hybridized carbons (Fsp3) is 0.361. The SMILES string of the molecule is COCCC(=O)Oc1ccc(-c2sc3cc(OC(=O)CCOC)ccc3c2C(=O)c2ccc(OCCN3CCCCC3)cc2)cc1. The minimum atomic E-state index is -0.400. The Morgan fingerprint density at radius 2 is 1.33 bits per heavy atom. The van der Waals surface area contributed by atoms with E-state index in [4.69, 9.17) is 23.7 Å². The number of carbonyl (C=O) groups is 3. The summed E-state index contributed by atoms with van der Waals surface area (Å²) in [5.41, 5.74) is 1.86. The normalized spacial score (nSPS) is 13.4. The number of rotatable bonds is 15. The predicted molar refractivity (Wildman–Crippen MR) is 177 cm³/mol. The maximum absolute atomic E-state index is 14.1. The fourth-order valence-electron chi connectivity index (χ4n) is 5.30. The van der Waals surface area contributed by atoms with Crippen LogP contribution in [0, 0.1) is 0 Å². The quantitative estimate of drug-likeness (QED) is 0.0810. The van der Waals surface area contributed by atoms with Gasteiger partial charge in [0, 0.05) is 46.9 Å². The summed E-state index contributed by atoms with van der Waals surface area (Å²) in [6.45, 7) is 4.27. The van der Waals surface area contributed by atoms with Gasteiger partial charge in [-0.3, -0.25) is 19.3 Å². The molecule has 5 rings (SSSR count). The number of hydrogen-bond donors (Lipinski definition) is 0. The van der Waals surface area contributed by atoms with Crippen LogP contribution in [0.3, 0.4) is 0 Å². The van der Waals surface area contributed by atoms with Crippen molar-refractivity contribution in [2.24, 2.45) is 0 Å². The van der Waals surface area contributed by atoms with Crippen molar-refractivity contribution in [3.63, 3.8) is 0 Å². The summed E-state index contributed by atoms with van der Waals surface area (Å²) in [5.74, 6) is 0.590. The molecule has 0 aliphatic carbocycles. The van der Waals surface area contributed by atoms with Gasteiger partial charge in [0.15, 0.2) is 5.78 Å². The molecular formula is C36H39NO8S. The summed E-state index contributed by atoms with van der Waals surface area (Å²) in [7, 11) is 3.06. The third kappa shape index (κ3) is 8.79. The molecule has 1 fully saturated rings. The molecule has 0 bridgehead atoms. The lowest BCUT2D eigenvalue weighted by atomic mass is 9.97. The standard InChI is InChI=1S/C36H39NO8S/c1-41-21-16-32(38)44-28-12-8-26(9-13-28)36-34(30-15-14-29(24-31(30)46-36)45-33(39)17-22-42-2)35(40)25-6-10-27(11-7-25)43-23-20-37-18-4-3-5-19-37/h6-15,24H,3-5,16-23H2,1-2H3. The average Bonchev–Trinajstić information content (AvgIpc) is 3.46. The zero-order valence-electron chi connectivity index (χ0n) is 26.3. The van der Waals surface area contributed by atoms with Crippen LogP contribution in [0.2, 0.25) is 0 Å². The van der Waals surface area contributed by atoms with Crippen molar-refractivity contribution >= 4 is 39.1 Å². The molecule has 1 aliphatic heterocycles. The smallest absolute Gasteiger partial charge is 0.313 e. The van der Waals surface area contributed by atoms with Gasteiger partial charge in [-0.2, -0.15) is 0 Å². The van der Waals surface area contributed by atoms with E-state index in [0.717, 1.165) is 45.9 Å². The maximum Gasteiger partial charge on any atom is 0.313 e. The van der Waals surface area contributed by atoms with Gasteiger partial charge in [-0.25, -0.2) is 0 Å². The number of fused-ring (bicyclic) bond motifs is 1. The monoisotopic (exact) mass is 645 g/mol. The largest absolute Gasteiger partial charge is 0.492 e. The Morgan fingerprint density at radius 1 is 0.717 bits per heavy atom. The minimum absolute atomic E-state index is 0.133. The first-order valence-electron chi connectivity index (χ1n) is 15.5. The summed E-state index contributed by atoms with van der Waals surface area (Å²) in [5, 5.41) is 0.749. The van der Waals surface area contributed by atoms with Crippen molar-refractivity contribution in [3.8, 4) is 27.7 Å². The predicted octanol–water partition coefficient (Wildman–Crippen LogP) is 6.55. The van der Waals surface area contributed by atoms with Crippen LogP contribution in [-0.4, -0.2) is 76.3 Å². The average molecular weight is 646 g/mol. The van der Waals surface area contributed by atoms with Crippen LogP contribution in [0.15, 0.2) is 66.7 Å². The summed E-state index contributed by atoms with van der Waals surface area (Å²) in [6.07, 6.45) is 4.06. The van der Waals surface area contributed by atoms with Crippen molar-refractivity contribution in [1.82, 2.24) is 4.90 Å². The molecule has 4 aromatic rings. The fourth-order valence-corrected chi connectivity index (χ4v) is 6.54. The van der Waals surface area contributed by atoms with E-state index in [-0.39, 0.29) is 37.8 Å². The lowest BCUT2D eigenvalue weighted by Crippen LogP contribution is -2.33. The second kappa shape index (κ2) is 16.5. The summed E-state index contributed by atoms with van der Waals surface area (Å²) in [4.78, 5) is 41.6. The van der Waals surface area contributed by atoms with Crippen molar-refractivity contribution < 1.29 is 38.1 Å². The second-order valence-corrected chi connectivity index (χ2v) is 12.1. The molecule has 0 spiro atoms. The van der Waals surface area contributed by atoms with Gasteiger partial charge in [-0.15, -0.1) is 11.3 Å². The molecule has 3 aromatic carbocycles. The summed E-state index contributed by atoms with van der Waals surface area (Å²) < 4.78 is 27.6. The number of piperidine rings is 1. The first-order valence-corrected chi connectivity index (χ1v) is 16.3. The number of hydrogen-bond acceptors (Lipinski definition) is 10. The van der Waals surface area contributed by atoms with E-state index in [1.54, 1.807) is 36.4 Å². The number of benzene rings is 3. The first-order chi connectivity index (χ1) is 22.4. The number of ketones is 1. The summed E-state index contributed by atoms with van der Waals surface area (Å²) >= 11 is 1.43. The van der Waals surface area contributed by atoms with Gasteiger partial charge in [-0.1, -0.05) is 6.42 Å². The molecule has 0 saturated carbocycles. The lowest BCUT2D eigenvalue weighted by Gasteiger charge is -2.26. The number of ether oxygens (including phenoxy) is 5.